The fourth-order valence-corrected chi connectivity index (χ4v) is 4.19. The van der Waals surface area contributed by atoms with Gasteiger partial charge in [0.25, 0.3) is 0 Å². The molecule has 0 saturated heterocycles. The van der Waals surface area contributed by atoms with Crippen molar-refractivity contribution >= 4 is 35.6 Å². The van der Waals surface area contributed by atoms with E-state index in [0.29, 0.717) is 45.8 Å². The molecule has 0 spiro atoms. The van der Waals surface area contributed by atoms with Crippen LogP contribution in [0.25, 0.3) is 0 Å². The molecule has 0 aliphatic carbocycles. The average molecular weight is 507 g/mol. The molecule has 2 rings (SSSR count). The van der Waals surface area contributed by atoms with Crippen molar-refractivity contribution in [3.63, 3.8) is 0 Å². The molecule has 0 amide bonds. The van der Waals surface area contributed by atoms with Crippen molar-refractivity contribution < 1.29 is 33.8 Å². The summed E-state index contributed by atoms with van der Waals surface area (Å²) in [6.45, 7) is 3.95. The van der Waals surface area contributed by atoms with E-state index < -0.39 is 23.9 Å². The summed E-state index contributed by atoms with van der Waals surface area (Å²) in [7, 11) is 1.28. The van der Waals surface area contributed by atoms with Crippen molar-refractivity contribution in [3.05, 3.63) is 57.4 Å². The predicted molar refractivity (Wildman–Crippen MR) is 130 cm³/mol. The number of allylic oxidation sites excluding steroid dienone is 2. The quantitative estimate of drug-likeness (QED) is 0.198. The molecule has 2 unspecified atom stereocenters. The van der Waals surface area contributed by atoms with Crippen molar-refractivity contribution in [2.75, 3.05) is 26.9 Å². The molecule has 1 aliphatic heterocycles. The number of hydrogen-bond acceptors (Lipinski definition) is 8. The molecule has 0 aromatic heterocycles. The Morgan fingerprint density at radius 2 is 1.97 bits per heavy atom. The van der Waals surface area contributed by atoms with Gasteiger partial charge in [0.05, 0.1) is 25.9 Å². The van der Waals surface area contributed by atoms with Crippen LogP contribution in [0.4, 0.5) is 0 Å². The normalized spacial score (nSPS) is 16.5. The zero-order valence-electron chi connectivity index (χ0n) is 20.1. The molecule has 35 heavy (non-hydrogen) atoms. The van der Waals surface area contributed by atoms with Crippen molar-refractivity contribution in [1.29, 1.82) is 0 Å². The number of ether oxygens (including phenoxy) is 2. The summed E-state index contributed by atoms with van der Waals surface area (Å²) in [6.07, 6.45) is 1.26. The molecule has 1 aromatic carbocycles. The number of ketones is 1. The van der Waals surface area contributed by atoms with Crippen molar-refractivity contribution in [1.82, 2.24) is 10.6 Å². The van der Waals surface area contributed by atoms with E-state index in [9.17, 15) is 19.2 Å². The number of hydrogen-bond donors (Lipinski definition) is 3. The third kappa shape index (κ3) is 7.24. The Bertz CT molecular complexity index is 1020. The lowest BCUT2D eigenvalue weighted by molar-refractivity contribution is -0.140. The first-order valence-corrected chi connectivity index (χ1v) is 11.7. The Hall–Kier alpha value is -3.01. The molecule has 190 valence electrons. The van der Waals surface area contributed by atoms with Crippen LogP contribution in [-0.4, -0.2) is 62.0 Å². The monoisotopic (exact) mass is 506 g/mol. The van der Waals surface area contributed by atoms with E-state index >= 15 is 0 Å². The number of benzene rings is 1. The van der Waals surface area contributed by atoms with Gasteiger partial charge in [0.2, 0.25) is 0 Å². The molecule has 1 aliphatic rings. The van der Waals surface area contributed by atoms with Gasteiger partial charge in [0.15, 0.2) is 5.78 Å². The fourth-order valence-electron chi connectivity index (χ4n) is 3.95. The minimum atomic E-state index is -1.13. The Morgan fingerprint density at radius 3 is 2.57 bits per heavy atom. The summed E-state index contributed by atoms with van der Waals surface area (Å²) in [6, 6.07) is 6.03. The first kappa shape index (κ1) is 28.2. The molecule has 0 saturated carbocycles. The van der Waals surface area contributed by atoms with Crippen LogP contribution in [0.1, 0.15) is 44.6 Å². The van der Waals surface area contributed by atoms with E-state index in [2.05, 4.69) is 10.6 Å². The van der Waals surface area contributed by atoms with Crippen LogP contribution in [0, 0.1) is 0 Å². The largest absolute Gasteiger partial charge is 0.480 e. The maximum Gasteiger partial charge on any atom is 0.336 e. The Morgan fingerprint density at radius 1 is 1.26 bits per heavy atom. The second-order valence-electron chi connectivity index (χ2n) is 7.98. The summed E-state index contributed by atoms with van der Waals surface area (Å²) in [5.74, 6) is -2.58. The number of esters is 1. The van der Waals surface area contributed by atoms with Crippen LogP contribution in [0.2, 0.25) is 5.02 Å². The fraction of sp³-hybridized carbons (Fsp3) is 0.440. The first-order valence-electron chi connectivity index (χ1n) is 11.3. The maximum absolute atomic E-state index is 13.3. The highest BCUT2D eigenvalue weighted by Gasteiger charge is 2.38. The van der Waals surface area contributed by atoms with Gasteiger partial charge in [-0.05, 0) is 25.0 Å². The smallest absolute Gasteiger partial charge is 0.336 e. The van der Waals surface area contributed by atoms with Gasteiger partial charge in [-0.25, -0.2) is 4.79 Å². The first-order chi connectivity index (χ1) is 16.8. The molecule has 3 N–H and O–H groups in total. The number of methoxy groups -OCH3 is 1. The highest BCUT2D eigenvalue weighted by Crippen LogP contribution is 2.42. The minimum absolute atomic E-state index is 0.0185. The highest BCUT2D eigenvalue weighted by atomic mass is 35.5. The summed E-state index contributed by atoms with van der Waals surface area (Å²) < 4.78 is 10.8. The number of carbonyl (C=O) groups is 4. The van der Waals surface area contributed by atoms with Crippen molar-refractivity contribution in [2.24, 2.45) is 0 Å². The summed E-state index contributed by atoms with van der Waals surface area (Å²) in [4.78, 5) is 47.9. The number of carboxylic acid groups (broad SMARTS) is 1. The number of aldehydes is 1. The Labute approximate surface area is 209 Å². The van der Waals surface area contributed by atoms with E-state index in [1.54, 1.807) is 31.2 Å². The zero-order chi connectivity index (χ0) is 26.0. The average Bonchev–Trinajstić information content (AvgIpc) is 2.82. The molecule has 0 bridgehead atoms. The van der Waals surface area contributed by atoms with E-state index in [1.165, 1.54) is 7.11 Å². The second kappa shape index (κ2) is 13.8. The number of halogens is 1. The third-order valence-corrected chi connectivity index (χ3v) is 5.90. The van der Waals surface area contributed by atoms with E-state index in [1.807, 2.05) is 6.92 Å². The van der Waals surface area contributed by atoms with Gasteiger partial charge in [-0.15, -0.1) is 0 Å². The standard InChI is InChI=1S/C25H31ClN2O7/c1-4-7-20(30)23-19(14-35-13-11-27-18(10-12-29)24(31)32)28-15(2)21(25(33)34-3)22(23)16-8-5-6-9-17(16)26/h5-6,8-9,12,18,22,27-28H,4,7,10-11,13-14H2,1-3H3,(H,31,32). The number of rotatable bonds is 14. The highest BCUT2D eigenvalue weighted by molar-refractivity contribution is 6.31. The molecule has 0 fully saturated rings. The van der Waals surface area contributed by atoms with Gasteiger partial charge in [0.1, 0.15) is 12.3 Å². The van der Waals surface area contributed by atoms with E-state index in [0.717, 1.165) is 0 Å². The van der Waals surface area contributed by atoms with Gasteiger partial charge < -0.3 is 30.0 Å². The molecular weight excluding hydrogens is 476 g/mol. The van der Waals surface area contributed by atoms with Crippen LogP contribution in [-0.2, 0) is 28.7 Å². The Balaban J connectivity index is 2.37. The third-order valence-electron chi connectivity index (χ3n) is 5.56. The number of dihydropyridines is 1. The molecular formula is C25H31ClN2O7. The SMILES string of the molecule is CCCC(=O)C1=C(COCCNC(CC=O)C(=O)O)NC(C)=C(C(=O)OC)C1c1ccccc1Cl. The number of aliphatic carboxylic acids is 1. The van der Waals surface area contributed by atoms with Gasteiger partial charge in [-0.1, -0.05) is 36.7 Å². The predicted octanol–water partition coefficient (Wildman–Crippen LogP) is 2.75. The Kier molecular flexibility index (Phi) is 11.1. The van der Waals surface area contributed by atoms with Crippen LogP contribution in [0.3, 0.4) is 0 Å². The molecule has 10 heteroatoms. The molecule has 2 atom stereocenters. The minimum Gasteiger partial charge on any atom is -0.480 e. The summed E-state index contributed by atoms with van der Waals surface area (Å²) in [5.41, 5.74) is 2.30. The number of Topliss-reactive ketones (excluding diaryl/α,β-unsaturated/α-hetero) is 1. The summed E-state index contributed by atoms with van der Waals surface area (Å²) in [5, 5.41) is 15.4. The number of carboxylic acids is 1. The second-order valence-corrected chi connectivity index (χ2v) is 8.38. The van der Waals surface area contributed by atoms with E-state index in [4.69, 9.17) is 26.2 Å². The molecule has 1 aromatic rings. The summed E-state index contributed by atoms with van der Waals surface area (Å²) >= 11 is 6.50. The van der Waals surface area contributed by atoms with Gasteiger partial charge in [-0.3, -0.25) is 9.59 Å². The maximum atomic E-state index is 13.3. The van der Waals surface area contributed by atoms with Gasteiger partial charge >= 0.3 is 11.9 Å². The topological polar surface area (TPSA) is 131 Å². The number of nitrogens with one attached hydrogen (secondary N) is 2. The van der Waals surface area contributed by atoms with Gasteiger partial charge in [0, 0.05) is 47.3 Å². The lowest BCUT2D eigenvalue weighted by Gasteiger charge is -2.32. The van der Waals surface area contributed by atoms with Crippen molar-refractivity contribution in [2.45, 2.75) is 45.1 Å². The van der Waals surface area contributed by atoms with Crippen LogP contribution < -0.4 is 10.6 Å². The lowest BCUT2D eigenvalue weighted by Crippen LogP contribution is -2.39. The van der Waals surface area contributed by atoms with Crippen LogP contribution in [0.5, 0.6) is 0 Å². The lowest BCUT2D eigenvalue weighted by atomic mass is 9.78. The van der Waals surface area contributed by atoms with Gasteiger partial charge in [-0.2, -0.15) is 0 Å². The van der Waals surface area contributed by atoms with Crippen molar-refractivity contribution in [3.8, 4) is 0 Å². The molecule has 0 radical (unpaired) electrons. The van der Waals surface area contributed by atoms with Crippen LogP contribution in [0.15, 0.2) is 46.8 Å². The molecule has 9 nitrogen and oxygen atoms in total. The molecule has 1 heterocycles. The van der Waals surface area contributed by atoms with Crippen LogP contribution >= 0.6 is 11.6 Å². The number of carbonyl (C=O) groups excluding carboxylic acids is 3. The van der Waals surface area contributed by atoms with E-state index in [-0.39, 0.29) is 38.4 Å². The zero-order valence-corrected chi connectivity index (χ0v) is 20.8.